The summed E-state index contributed by atoms with van der Waals surface area (Å²) in [6.45, 7) is 3.72. The third-order valence-corrected chi connectivity index (χ3v) is 2.56. The summed E-state index contributed by atoms with van der Waals surface area (Å²) in [5.41, 5.74) is -2.71. The van der Waals surface area contributed by atoms with Crippen molar-refractivity contribution in [3.8, 4) is 0 Å². The Morgan fingerprint density at radius 2 is 1.89 bits per heavy atom. The maximum Gasteiger partial charge on any atom is 0.375 e. The number of hydrogen-bond donors (Lipinski definition) is 1. The summed E-state index contributed by atoms with van der Waals surface area (Å²) in [5, 5.41) is 9.56. The fourth-order valence-corrected chi connectivity index (χ4v) is 1.94. The van der Waals surface area contributed by atoms with Gasteiger partial charge in [-0.3, -0.25) is 9.59 Å². The van der Waals surface area contributed by atoms with Crippen LogP contribution in [0.2, 0.25) is 0 Å². The van der Waals surface area contributed by atoms with Crippen LogP contribution in [-0.4, -0.2) is 40.8 Å². The molecule has 0 amide bonds. The van der Waals surface area contributed by atoms with Gasteiger partial charge in [-0.15, -0.1) is 0 Å². The van der Waals surface area contributed by atoms with Crippen LogP contribution in [0, 0.1) is 0 Å². The minimum atomic E-state index is -2.17. The number of esters is 2. The molecule has 0 bridgehead atoms. The Labute approximate surface area is 109 Å². The second kappa shape index (κ2) is 5.21. The van der Waals surface area contributed by atoms with Gasteiger partial charge in [0.1, 0.15) is 5.78 Å². The highest BCUT2D eigenvalue weighted by molar-refractivity contribution is 6.13. The fourth-order valence-electron chi connectivity index (χ4n) is 1.94. The molecule has 104 valence electrons. The maximum absolute atomic E-state index is 12.0. The summed E-state index contributed by atoms with van der Waals surface area (Å²) in [7, 11) is 0. The summed E-state index contributed by atoms with van der Waals surface area (Å²) in [6, 6.07) is 0. The molecule has 1 heterocycles. The fraction of sp³-hybridized carbons (Fsp3) is 0.500. The monoisotopic (exact) mass is 270 g/mol. The van der Waals surface area contributed by atoms with E-state index in [9.17, 15) is 24.3 Å². The minimum Gasteiger partial charge on any atom is -0.501 e. The van der Waals surface area contributed by atoms with Gasteiger partial charge in [0.2, 0.25) is 11.4 Å². The van der Waals surface area contributed by atoms with E-state index in [2.05, 4.69) is 0 Å². The second-order valence-electron chi connectivity index (χ2n) is 4.10. The molecule has 7 heteroatoms. The predicted octanol–water partition coefficient (Wildman–Crippen LogP) is 0.225. The van der Waals surface area contributed by atoms with Crippen LogP contribution in [0.3, 0.4) is 0 Å². The topological polar surface area (TPSA) is 107 Å². The molecular formula is C12H14O7. The van der Waals surface area contributed by atoms with Crippen molar-refractivity contribution in [3.63, 3.8) is 0 Å². The number of Topliss-reactive ketones (excluding diaryl/α,β-unsaturated/α-hetero) is 2. The third kappa shape index (κ3) is 2.49. The first-order valence-electron chi connectivity index (χ1n) is 5.61. The average molecular weight is 270 g/mol. The first kappa shape index (κ1) is 14.9. The normalized spacial score (nSPS) is 22.2. The lowest BCUT2D eigenvalue weighted by Crippen LogP contribution is -2.46. The van der Waals surface area contributed by atoms with Gasteiger partial charge in [0, 0.05) is 0 Å². The summed E-state index contributed by atoms with van der Waals surface area (Å²) in [5.74, 6) is -4.46. The van der Waals surface area contributed by atoms with Crippen LogP contribution >= 0.6 is 0 Å². The largest absolute Gasteiger partial charge is 0.501 e. The average Bonchev–Trinajstić information content (AvgIpc) is 2.51. The highest BCUT2D eigenvalue weighted by Crippen LogP contribution is 2.37. The molecule has 0 spiro atoms. The van der Waals surface area contributed by atoms with E-state index in [1.165, 1.54) is 13.8 Å². The van der Waals surface area contributed by atoms with E-state index in [4.69, 9.17) is 9.47 Å². The van der Waals surface area contributed by atoms with E-state index >= 15 is 0 Å². The van der Waals surface area contributed by atoms with Crippen molar-refractivity contribution >= 4 is 23.5 Å². The van der Waals surface area contributed by atoms with E-state index in [0.29, 0.717) is 0 Å². The summed E-state index contributed by atoms with van der Waals surface area (Å²) in [6.07, 6.45) is -0.559. The van der Waals surface area contributed by atoms with Crippen molar-refractivity contribution in [2.24, 2.45) is 0 Å². The van der Waals surface area contributed by atoms with Gasteiger partial charge in [0.05, 0.1) is 18.6 Å². The lowest BCUT2D eigenvalue weighted by atomic mass is 9.86. The zero-order valence-corrected chi connectivity index (χ0v) is 10.8. The molecule has 0 aromatic heterocycles. The lowest BCUT2D eigenvalue weighted by molar-refractivity contribution is -0.174. The number of cyclic esters (lactones) is 1. The Morgan fingerprint density at radius 1 is 1.32 bits per heavy atom. The number of carbonyl (C=O) groups is 4. The molecule has 0 aromatic carbocycles. The van der Waals surface area contributed by atoms with Crippen LogP contribution in [0.15, 0.2) is 11.3 Å². The molecule has 1 N–H and O–H groups in total. The standard InChI is InChI=1S/C12H14O7/c1-4-18-11(17)12(5-6(2)13)8(7(3)14)9(15)10(16)19-12/h15H,4-5H2,1-3H3. The number of aliphatic hydroxyl groups is 1. The van der Waals surface area contributed by atoms with Crippen molar-refractivity contribution in [1.82, 2.24) is 0 Å². The smallest absolute Gasteiger partial charge is 0.375 e. The Hall–Kier alpha value is -2.18. The van der Waals surface area contributed by atoms with E-state index in [0.717, 1.165) is 6.92 Å². The first-order chi connectivity index (χ1) is 8.76. The van der Waals surface area contributed by atoms with Crippen molar-refractivity contribution in [2.45, 2.75) is 32.8 Å². The minimum absolute atomic E-state index is 0.0258. The molecule has 0 aliphatic carbocycles. The van der Waals surface area contributed by atoms with Crippen molar-refractivity contribution in [2.75, 3.05) is 6.61 Å². The van der Waals surface area contributed by atoms with Crippen molar-refractivity contribution in [3.05, 3.63) is 11.3 Å². The van der Waals surface area contributed by atoms with Gasteiger partial charge in [-0.05, 0) is 20.8 Å². The molecule has 19 heavy (non-hydrogen) atoms. The number of ketones is 2. The quantitative estimate of drug-likeness (QED) is 0.712. The molecule has 0 radical (unpaired) electrons. The van der Waals surface area contributed by atoms with Gasteiger partial charge in [-0.2, -0.15) is 0 Å². The Bertz CT molecular complexity index is 488. The Balaban J connectivity index is 3.40. The number of aliphatic hydroxyl groups excluding tert-OH is 1. The maximum atomic E-state index is 12.0. The lowest BCUT2D eigenvalue weighted by Gasteiger charge is -2.25. The van der Waals surface area contributed by atoms with E-state index in [-0.39, 0.29) is 6.61 Å². The molecule has 1 aliphatic rings. The summed E-state index contributed by atoms with van der Waals surface area (Å²) in [4.78, 5) is 46.2. The molecule has 0 aromatic rings. The molecule has 7 nitrogen and oxygen atoms in total. The summed E-state index contributed by atoms with van der Waals surface area (Å²) >= 11 is 0. The summed E-state index contributed by atoms with van der Waals surface area (Å²) < 4.78 is 9.52. The van der Waals surface area contributed by atoms with E-state index < -0.39 is 46.9 Å². The highest BCUT2D eigenvalue weighted by Gasteiger charge is 2.57. The highest BCUT2D eigenvalue weighted by atomic mass is 16.6. The molecule has 1 atom stereocenters. The Kier molecular flexibility index (Phi) is 4.08. The predicted molar refractivity (Wildman–Crippen MR) is 61.1 cm³/mol. The van der Waals surface area contributed by atoms with Crippen LogP contribution in [0.25, 0.3) is 0 Å². The van der Waals surface area contributed by atoms with Gasteiger partial charge in [-0.1, -0.05) is 0 Å². The number of ether oxygens (including phenoxy) is 2. The number of rotatable bonds is 5. The van der Waals surface area contributed by atoms with Gasteiger partial charge in [-0.25, -0.2) is 9.59 Å². The van der Waals surface area contributed by atoms with Crippen molar-refractivity contribution < 1.29 is 33.8 Å². The second-order valence-corrected chi connectivity index (χ2v) is 4.10. The van der Waals surface area contributed by atoms with Crippen LogP contribution in [0.1, 0.15) is 27.2 Å². The zero-order valence-electron chi connectivity index (χ0n) is 10.8. The van der Waals surface area contributed by atoms with Gasteiger partial charge in [0.25, 0.3) is 0 Å². The number of carbonyl (C=O) groups excluding carboxylic acids is 4. The molecule has 0 saturated heterocycles. The van der Waals surface area contributed by atoms with E-state index in [1.807, 2.05) is 0 Å². The van der Waals surface area contributed by atoms with Crippen molar-refractivity contribution in [1.29, 1.82) is 0 Å². The van der Waals surface area contributed by atoms with Gasteiger partial charge < -0.3 is 14.6 Å². The SMILES string of the molecule is CCOC(=O)C1(CC(C)=O)OC(=O)C(O)=C1C(C)=O. The molecule has 1 unspecified atom stereocenters. The molecule has 0 fully saturated rings. The first-order valence-corrected chi connectivity index (χ1v) is 5.61. The molecule has 1 rings (SSSR count). The van der Waals surface area contributed by atoms with E-state index in [1.54, 1.807) is 0 Å². The Morgan fingerprint density at radius 3 is 2.32 bits per heavy atom. The van der Waals surface area contributed by atoms with Gasteiger partial charge >= 0.3 is 11.9 Å². The molecule has 0 saturated carbocycles. The molecule has 1 aliphatic heterocycles. The van der Waals surface area contributed by atoms with Crippen LogP contribution in [0.5, 0.6) is 0 Å². The van der Waals surface area contributed by atoms with Crippen LogP contribution in [0.4, 0.5) is 0 Å². The van der Waals surface area contributed by atoms with Crippen LogP contribution in [-0.2, 0) is 28.7 Å². The zero-order chi connectivity index (χ0) is 14.8. The third-order valence-electron chi connectivity index (χ3n) is 2.56. The van der Waals surface area contributed by atoms with Gasteiger partial charge in [0.15, 0.2) is 5.78 Å². The number of hydrogen-bond acceptors (Lipinski definition) is 7. The van der Waals surface area contributed by atoms with Crippen LogP contribution < -0.4 is 0 Å². The molecular weight excluding hydrogens is 256 g/mol.